The zero-order valence-electron chi connectivity index (χ0n) is 11.5. The lowest BCUT2D eigenvalue weighted by Gasteiger charge is -2.27. The van der Waals surface area contributed by atoms with Crippen molar-refractivity contribution in [1.82, 2.24) is 4.98 Å². The van der Waals surface area contributed by atoms with Crippen LogP contribution in [0, 0.1) is 0 Å². The van der Waals surface area contributed by atoms with Gasteiger partial charge in [-0.05, 0) is 24.4 Å². The lowest BCUT2D eigenvalue weighted by atomic mass is 10.2. The molecule has 0 bridgehead atoms. The summed E-state index contributed by atoms with van der Waals surface area (Å²) in [7, 11) is 3.62. The van der Waals surface area contributed by atoms with E-state index in [-0.39, 0.29) is 0 Å². The first-order chi connectivity index (χ1) is 9.11. The number of aromatic nitrogens is 1. The molecule has 2 rings (SSSR count). The summed E-state index contributed by atoms with van der Waals surface area (Å²) < 4.78 is 5.15. The van der Waals surface area contributed by atoms with Gasteiger partial charge in [-0.1, -0.05) is 6.07 Å². The van der Waals surface area contributed by atoms with Gasteiger partial charge in [0.15, 0.2) is 5.82 Å². The minimum Gasteiger partial charge on any atom is -0.481 e. The minimum absolute atomic E-state index is 0.320. The molecule has 2 aromatic rings. The van der Waals surface area contributed by atoms with Crippen molar-refractivity contribution in [2.24, 2.45) is 0 Å². The number of nitrogen functional groups attached to an aromatic ring is 1. The van der Waals surface area contributed by atoms with Gasteiger partial charge in [-0.2, -0.15) is 4.98 Å². The Hall–Kier alpha value is -1.75. The van der Waals surface area contributed by atoms with Crippen molar-refractivity contribution in [2.45, 2.75) is 19.4 Å². The van der Waals surface area contributed by atoms with Crippen LogP contribution < -0.4 is 15.4 Å². The Bertz CT molecular complexity index is 527. The van der Waals surface area contributed by atoms with Gasteiger partial charge in [0.2, 0.25) is 5.88 Å². The Morgan fingerprint density at radius 3 is 2.84 bits per heavy atom. The summed E-state index contributed by atoms with van der Waals surface area (Å²) in [5, 5.41) is 2.10. The molecule has 0 amide bonds. The average Bonchev–Trinajstić information content (AvgIpc) is 2.91. The fraction of sp³-hybridized carbons (Fsp3) is 0.357. The quantitative estimate of drug-likeness (QED) is 0.913. The van der Waals surface area contributed by atoms with E-state index in [2.05, 4.69) is 34.3 Å². The van der Waals surface area contributed by atoms with Crippen LogP contribution in [-0.2, 0) is 6.42 Å². The highest BCUT2D eigenvalue weighted by molar-refractivity contribution is 7.09. The van der Waals surface area contributed by atoms with Gasteiger partial charge in [0.05, 0.1) is 12.8 Å². The summed E-state index contributed by atoms with van der Waals surface area (Å²) in [6.07, 6.45) is 0.979. The van der Waals surface area contributed by atoms with Gasteiger partial charge < -0.3 is 15.4 Å². The second kappa shape index (κ2) is 5.93. The molecule has 19 heavy (non-hydrogen) atoms. The maximum atomic E-state index is 6.00. The predicted octanol–water partition coefficient (Wildman–Crippen LogP) is 2.80. The summed E-state index contributed by atoms with van der Waals surface area (Å²) in [6.45, 7) is 2.17. The Morgan fingerprint density at radius 1 is 1.42 bits per heavy atom. The molecule has 1 unspecified atom stereocenters. The van der Waals surface area contributed by atoms with Gasteiger partial charge in [-0.15, -0.1) is 11.3 Å². The maximum absolute atomic E-state index is 6.00. The van der Waals surface area contributed by atoms with Crippen molar-refractivity contribution in [1.29, 1.82) is 0 Å². The molecule has 0 fully saturated rings. The number of likely N-dealkylation sites (N-methyl/N-ethyl adjacent to an activating group) is 1. The maximum Gasteiger partial charge on any atom is 0.215 e. The Labute approximate surface area is 117 Å². The molecule has 0 aliphatic heterocycles. The van der Waals surface area contributed by atoms with Gasteiger partial charge in [0, 0.05) is 30.5 Å². The van der Waals surface area contributed by atoms with Crippen molar-refractivity contribution < 1.29 is 4.74 Å². The van der Waals surface area contributed by atoms with Crippen LogP contribution in [0.4, 0.5) is 11.5 Å². The topological polar surface area (TPSA) is 51.4 Å². The van der Waals surface area contributed by atoms with Gasteiger partial charge in [0.1, 0.15) is 0 Å². The Balaban J connectivity index is 2.16. The number of hydrogen-bond donors (Lipinski definition) is 1. The van der Waals surface area contributed by atoms with Crippen LogP contribution in [0.25, 0.3) is 0 Å². The number of hydrogen-bond acceptors (Lipinski definition) is 5. The molecule has 102 valence electrons. The molecule has 0 aliphatic rings. The molecule has 4 nitrogen and oxygen atoms in total. The molecule has 1 atom stereocenters. The van der Waals surface area contributed by atoms with Crippen molar-refractivity contribution in [3.63, 3.8) is 0 Å². The third-order valence-electron chi connectivity index (χ3n) is 3.16. The van der Waals surface area contributed by atoms with E-state index in [0.29, 0.717) is 17.6 Å². The number of ether oxygens (including phenoxy) is 1. The molecule has 2 heterocycles. The fourth-order valence-electron chi connectivity index (χ4n) is 1.90. The summed E-state index contributed by atoms with van der Waals surface area (Å²) in [4.78, 5) is 7.88. The molecule has 0 saturated carbocycles. The predicted molar refractivity (Wildman–Crippen MR) is 81.1 cm³/mol. The molecular formula is C14H19N3OS. The first-order valence-electron chi connectivity index (χ1n) is 6.17. The molecule has 0 saturated heterocycles. The van der Waals surface area contributed by atoms with E-state index in [0.717, 1.165) is 12.2 Å². The van der Waals surface area contributed by atoms with Crippen LogP contribution in [0.2, 0.25) is 0 Å². The van der Waals surface area contributed by atoms with Gasteiger partial charge in [0.25, 0.3) is 0 Å². The highest BCUT2D eigenvalue weighted by Gasteiger charge is 2.15. The molecule has 2 aromatic heterocycles. The second-order valence-electron chi connectivity index (χ2n) is 4.51. The summed E-state index contributed by atoms with van der Waals surface area (Å²) in [6, 6.07) is 8.15. The molecule has 0 spiro atoms. The van der Waals surface area contributed by atoms with E-state index in [1.165, 1.54) is 4.88 Å². The molecular weight excluding hydrogens is 258 g/mol. The van der Waals surface area contributed by atoms with Crippen molar-refractivity contribution >= 4 is 22.8 Å². The molecule has 0 aromatic carbocycles. The van der Waals surface area contributed by atoms with E-state index in [1.807, 2.05) is 13.1 Å². The summed E-state index contributed by atoms with van der Waals surface area (Å²) in [5.74, 6) is 1.35. The van der Waals surface area contributed by atoms with E-state index in [1.54, 1.807) is 24.5 Å². The standard InChI is InChI=1S/C14H19N3OS/c1-10(9-11-5-4-8-19-11)17(2)14-12(15)6-7-13(16-14)18-3/h4-8,10H,9,15H2,1-3H3. The Kier molecular flexibility index (Phi) is 4.27. The fourth-order valence-corrected chi connectivity index (χ4v) is 2.73. The summed E-state index contributed by atoms with van der Waals surface area (Å²) >= 11 is 1.77. The van der Waals surface area contributed by atoms with Crippen LogP contribution in [-0.4, -0.2) is 25.2 Å². The van der Waals surface area contributed by atoms with Gasteiger partial charge in [-0.3, -0.25) is 0 Å². The smallest absolute Gasteiger partial charge is 0.215 e. The minimum atomic E-state index is 0.320. The molecule has 0 radical (unpaired) electrons. The normalized spacial score (nSPS) is 12.2. The van der Waals surface area contributed by atoms with Gasteiger partial charge in [-0.25, -0.2) is 0 Å². The SMILES string of the molecule is COc1ccc(N)c(N(C)C(C)Cc2cccs2)n1. The highest BCUT2D eigenvalue weighted by Crippen LogP contribution is 2.25. The van der Waals surface area contributed by atoms with Crippen LogP contribution >= 0.6 is 11.3 Å². The monoisotopic (exact) mass is 277 g/mol. The second-order valence-corrected chi connectivity index (χ2v) is 5.54. The van der Waals surface area contributed by atoms with E-state index in [4.69, 9.17) is 10.5 Å². The van der Waals surface area contributed by atoms with Crippen molar-refractivity contribution in [3.8, 4) is 5.88 Å². The molecule has 0 aliphatic carbocycles. The van der Waals surface area contributed by atoms with Crippen molar-refractivity contribution in [3.05, 3.63) is 34.5 Å². The number of nitrogens with zero attached hydrogens (tertiary/aromatic N) is 2. The van der Waals surface area contributed by atoms with Crippen LogP contribution in [0.15, 0.2) is 29.6 Å². The van der Waals surface area contributed by atoms with Crippen molar-refractivity contribution in [2.75, 3.05) is 24.8 Å². The largest absolute Gasteiger partial charge is 0.481 e. The first-order valence-corrected chi connectivity index (χ1v) is 7.05. The van der Waals surface area contributed by atoms with E-state index >= 15 is 0 Å². The summed E-state index contributed by atoms with van der Waals surface area (Å²) in [5.41, 5.74) is 6.67. The van der Waals surface area contributed by atoms with Crippen LogP contribution in [0.3, 0.4) is 0 Å². The molecule has 2 N–H and O–H groups in total. The van der Waals surface area contributed by atoms with Gasteiger partial charge >= 0.3 is 0 Å². The lowest BCUT2D eigenvalue weighted by Crippen LogP contribution is -2.31. The number of anilines is 2. The third-order valence-corrected chi connectivity index (χ3v) is 4.06. The molecule has 5 heteroatoms. The number of nitrogens with two attached hydrogens (primary N) is 1. The number of pyridine rings is 1. The third kappa shape index (κ3) is 3.17. The number of rotatable bonds is 5. The Morgan fingerprint density at radius 2 is 2.21 bits per heavy atom. The van der Waals surface area contributed by atoms with Crippen LogP contribution in [0.5, 0.6) is 5.88 Å². The average molecular weight is 277 g/mol. The van der Waals surface area contributed by atoms with E-state index < -0.39 is 0 Å². The number of methoxy groups -OCH3 is 1. The lowest BCUT2D eigenvalue weighted by molar-refractivity contribution is 0.398. The van der Waals surface area contributed by atoms with Crippen LogP contribution in [0.1, 0.15) is 11.8 Å². The number of thiophene rings is 1. The highest BCUT2D eigenvalue weighted by atomic mass is 32.1. The zero-order chi connectivity index (χ0) is 13.8. The van der Waals surface area contributed by atoms with E-state index in [9.17, 15) is 0 Å². The zero-order valence-corrected chi connectivity index (χ0v) is 12.3. The first kappa shape index (κ1) is 13.7.